The Morgan fingerprint density at radius 1 is 1.35 bits per heavy atom. The molecule has 1 amide bonds. The van der Waals surface area contributed by atoms with Crippen LogP contribution in [0.1, 0.15) is 50.5 Å². The van der Waals surface area contributed by atoms with E-state index < -0.39 is 29.0 Å². The highest BCUT2D eigenvalue weighted by Crippen LogP contribution is 2.29. The quantitative estimate of drug-likeness (QED) is 0.524. The van der Waals surface area contributed by atoms with Crippen molar-refractivity contribution in [1.82, 2.24) is 19.9 Å². The highest BCUT2D eigenvalue weighted by molar-refractivity contribution is 6.32. The second kappa shape index (κ2) is 10.4. The molecule has 2 aliphatic rings. The van der Waals surface area contributed by atoms with E-state index in [2.05, 4.69) is 15.3 Å². The highest BCUT2D eigenvalue weighted by atomic mass is 35.5. The van der Waals surface area contributed by atoms with Crippen LogP contribution in [0.2, 0.25) is 0 Å². The summed E-state index contributed by atoms with van der Waals surface area (Å²) in [6, 6.07) is 1.05. The summed E-state index contributed by atoms with van der Waals surface area (Å²) >= 11 is 6.42. The van der Waals surface area contributed by atoms with Gasteiger partial charge in [-0.05, 0) is 63.8 Å². The Bertz CT molecular complexity index is 1380. The van der Waals surface area contributed by atoms with E-state index in [1.54, 1.807) is 31.4 Å². The Hall–Kier alpha value is -3.60. The second-order valence-electron chi connectivity index (χ2n) is 10.0. The lowest BCUT2D eigenvalue weighted by Gasteiger charge is -2.34. The monoisotopic (exact) mass is 533 g/mol. The number of aromatic nitrogens is 3. The zero-order chi connectivity index (χ0) is 26.9. The van der Waals surface area contributed by atoms with Gasteiger partial charge < -0.3 is 29.6 Å². The van der Waals surface area contributed by atoms with Gasteiger partial charge in [0.2, 0.25) is 5.95 Å². The third kappa shape index (κ3) is 6.22. The number of imidazole rings is 1. The molecule has 1 aliphatic carbocycles. The van der Waals surface area contributed by atoms with Crippen LogP contribution in [0.25, 0.3) is 11.0 Å². The maximum absolute atomic E-state index is 14.2. The van der Waals surface area contributed by atoms with Crippen LogP contribution in [0.5, 0.6) is 0 Å². The molecule has 10 nitrogen and oxygen atoms in total. The average Bonchev–Trinajstić information content (AvgIpc) is 3.07. The summed E-state index contributed by atoms with van der Waals surface area (Å²) in [6.45, 7) is 6.33. The molecule has 12 heteroatoms. The van der Waals surface area contributed by atoms with Crippen LogP contribution >= 0.6 is 11.6 Å². The van der Waals surface area contributed by atoms with Crippen LogP contribution in [0.15, 0.2) is 45.5 Å². The first-order valence-electron chi connectivity index (χ1n) is 11.9. The van der Waals surface area contributed by atoms with E-state index in [0.717, 1.165) is 12.8 Å². The van der Waals surface area contributed by atoms with Gasteiger partial charge in [0.25, 0.3) is 5.56 Å². The Morgan fingerprint density at radius 2 is 2.11 bits per heavy atom. The fraction of sp³-hybridized carbons (Fsp3) is 0.440. The summed E-state index contributed by atoms with van der Waals surface area (Å²) in [4.78, 5) is 45.7. The minimum absolute atomic E-state index is 0.0264. The molecule has 0 radical (unpaired) electrons. The molecular formula is C25H29ClFN5O5. The van der Waals surface area contributed by atoms with Crippen LogP contribution in [-0.4, -0.2) is 56.4 Å². The Balaban J connectivity index is 1.74. The molecule has 0 aromatic carbocycles. The number of alkyl carbamates (subject to hydrolysis) is 1. The summed E-state index contributed by atoms with van der Waals surface area (Å²) in [5.74, 6) is -1.35. The molecule has 1 unspecified atom stereocenters. The number of fused-ring (bicyclic) bond motifs is 1. The lowest BCUT2D eigenvalue weighted by Crippen LogP contribution is -2.49. The number of H-pyrrole nitrogens is 1. The number of allylic oxidation sites excluding steroid dienone is 6. The second-order valence-corrected chi connectivity index (χ2v) is 10.4. The van der Waals surface area contributed by atoms with E-state index in [1.807, 2.05) is 4.90 Å². The molecule has 3 heterocycles. The lowest BCUT2D eigenvalue weighted by atomic mass is 10.1. The van der Waals surface area contributed by atoms with Crippen molar-refractivity contribution in [3.8, 4) is 0 Å². The van der Waals surface area contributed by atoms with Crippen molar-refractivity contribution in [2.75, 3.05) is 18.0 Å². The third-order valence-corrected chi connectivity index (χ3v) is 6.33. The summed E-state index contributed by atoms with van der Waals surface area (Å²) in [5.41, 5.74) is -0.810. The van der Waals surface area contributed by atoms with Gasteiger partial charge in [0.1, 0.15) is 22.6 Å². The zero-order valence-electron chi connectivity index (χ0n) is 20.8. The van der Waals surface area contributed by atoms with Crippen molar-refractivity contribution >= 4 is 40.6 Å². The van der Waals surface area contributed by atoms with Gasteiger partial charge in [0, 0.05) is 24.2 Å². The van der Waals surface area contributed by atoms with Crippen LogP contribution in [0.3, 0.4) is 0 Å². The van der Waals surface area contributed by atoms with Gasteiger partial charge in [-0.25, -0.2) is 19.0 Å². The van der Waals surface area contributed by atoms with Crippen molar-refractivity contribution < 1.29 is 23.8 Å². The molecule has 0 bridgehead atoms. The summed E-state index contributed by atoms with van der Waals surface area (Å²) in [6.07, 6.45) is 5.62. The number of anilines is 1. The fourth-order valence-electron chi connectivity index (χ4n) is 4.40. The van der Waals surface area contributed by atoms with Crippen molar-refractivity contribution in [3.05, 3.63) is 56.8 Å². The predicted molar refractivity (Wildman–Crippen MR) is 138 cm³/mol. The Labute approximate surface area is 217 Å². The number of pyridine rings is 1. The number of carboxylic acid groups (broad SMARTS) is 1. The summed E-state index contributed by atoms with van der Waals surface area (Å²) in [7, 11) is 0. The first kappa shape index (κ1) is 26.5. The standard InChI is InChI=1S/C25H29ClFN5O5/c1-25(2,3)37-24(36)28-16-7-5-9-31(13-16)23-30-18-11-19(22(34)35)29-21(33)20(18)32(23)12-14-10-15(27)6-4-8-17(14)26/h6,8,10-11,16H,4-5,7,9,12-13H2,1-3H3,(H,28,36)(H,29,33)(H,34,35). The SMILES string of the molecule is CC(C)(C)OC(=O)NC1CCCN(c2nc3cc(C(=O)O)[nH]c(=O)c3n2CC2=CC(F)=CCC=C2Cl)C1. The van der Waals surface area contributed by atoms with Crippen molar-refractivity contribution in [3.63, 3.8) is 0 Å². The normalized spacial score (nSPS) is 18.6. The maximum atomic E-state index is 14.2. The Morgan fingerprint density at radius 3 is 2.81 bits per heavy atom. The number of nitrogens with zero attached hydrogens (tertiary/aromatic N) is 3. The van der Waals surface area contributed by atoms with Crippen LogP contribution < -0.4 is 15.8 Å². The number of aromatic amines is 1. The number of carboxylic acids is 1. The molecule has 4 rings (SSSR count). The largest absolute Gasteiger partial charge is 0.477 e. The van der Waals surface area contributed by atoms with E-state index in [9.17, 15) is 23.9 Å². The molecule has 37 heavy (non-hydrogen) atoms. The molecule has 3 N–H and O–H groups in total. The van der Waals surface area contributed by atoms with Gasteiger partial charge in [0.15, 0.2) is 0 Å². The van der Waals surface area contributed by atoms with Crippen LogP contribution in [-0.2, 0) is 11.3 Å². The zero-order valence-corrected chi connectivity index (χ0v) is 21.6. The molecule has 1 fully saturated rings. The number of carbonyl (C=O) groups is 2. The summed E-state index contributed by atoms with van der Waals surface area (Å²) < 4.78 is 21.2. The molecule has 198 valence electrons. The van der Waals surface area contributed by atoms with Gasteiger partial charge in [-0.2, -0.15) is 0 Å². The summed E-state index contributed by atoms with van der Waals surface area (Å²) in [5, 5.41) is 12.6. The minimum Gasteiger partial charge on any atom is -0.477 e. The molecule has 1 aliphatic heterocycles. The highest BCUT2D eigenvalue weighted by Gasteiger charge is 2.29. The predicted octanol–water partition coefficient (Wildman–Crippen LogP) is 4.22. The molecule has 2 aromatic rings. The van der Waals surface area contributed by atoms with Crippen molar-refractivity contribution in [2.45, 2.75) is 58.2 Å². The number of aromatic carboxylic acids is 1. The van der Waals surface area contributed by atoms with Gasteiger partial charge >= 0.3 is 12.1 Å². The van der Waals surface area contributed by atoms with Crippen LogP contribution in [0.4, 0.5) is 15.1 Å². The first-order chi connectivity index (χ1) is 17.4. The number of rotatable bonds is 5. The van der Waals surface area contributed by atoms with Gasteiger partial charge in [-0.15, -0.1) is 0 Å². The molecule has 1 saturated heterocycles. The number of nitrogens with one attached hydrogen (secondary N) is 2. The number of carbonyl (C=O) groups excluding carboxylic acids is 1. The van der Waals surface area contributed by atoms with Gasteiger partial charge in [-0.3, -0.25) is 4.79 Å². The number of hydrogen-bond donors (Lipinski definition) is 3. The molecular weight excluding hydrogens is 505 g/mol. The van der Waals surface area contributed by atoms with Gasteiger partial charge in [-0.1, -0.05) is 17.7 Å². The number of piperidine rings is 1. The van der Waals surface area contributed by atoms with E-state index in [-0.39, 0.29) is 29.3 Å². The van der Waals surface area contributed by atoms with E-state index in [0.29, 0.717) is 36.1 Å². The lowest BCUT2D eigenvalue weighted by molar-refractivity contribution is 0.0499. The Kier molecular flexibility index (Phi) is 7.44. The first-order valence-corrected chi connectivity index (χ1v) is 12.3. The minimum atomic E-state index is -1.29. The van der Waals surface area contributed by atoms with Crippen LogP contribution in [0, 0.1) is 0 Å². The van der Waals surface area contributed by atoms with Crippen molar-refractivity contribution in [1.29, 1.82) is 0 Å². The average molecular weight is 534 g/mol. The van der Waals surface area contributed by atoms with Gasteiger partial charge in [0.05, 0.1) is 12.1 Å². The van der Waals surface area contributed by atoms with E-state index in [4.69, 9.17) is 16.3 Å². The molecule has 0 spiro atoms. The number of ether oxygens (including phenoxy) is 1. The molecule has 0 saturated carbocycles. The van der Waals surface area contributed by atoms with E-state index in [1.165, 1.54) is 18.2 Å². The number of amides is 1. The fourth-order valence-corrected chi connectivity index (χ4v) is 4.61. The van der Waals surface area contributed by atoms with Crippen molar-refractivity contribution in [2.24, 2.45) is 0 Å². The molecule has 2 aromatic heterocycles. The topological polar surface area (TPSA) is 130 Å². The molecule has 1 atom stereocenters. The maximum Gasteiger partial charge on any atom is 0.407 e. The van der Waals surface area contributed by atoms with E-state index >= 15 is 0 Å². The smallest absolute Gasteiger partial charge is 0.407 e. The third-order valence-electron chi connectivity index (χ3n) is 5.93. The number of halogens is 2. The number of hydrogen-bond acceptors (Lipinski definition) is 6.